The van der Waals surface area contributed by atoms with Gasteiger partial charge in [0.05, 0.1) is 13.2 Å². The lowest BCUT2D eigenvalue weighted by atomic mass is 9.96. The Morgan fingerprint density at radius 2 is 1.58 bits per heavy atom. The number of aliphatic hydroxyl groups is 1. The van der Waals surface area contributed by atoms with Gasteiger partial charge in [-0.15, -0.1) is 0 Å². The molecule has 0 aromatic heterocycles. The minimum Gasteiger partial charge on any atom is -0.463 e. The van der Waals surface area contributed by atoms with Crippen LogP contribution in [0.5, 0.6) is 0 Å². The Kier molecular flexibility index (Phi) is 8.40. The highest BCUT2D eigenvalue weighted by molar-refractivity contribution is 5.65. The average Bonchev–Trinajstić information content (AvgIpc) is 2.78. The molecule has 9 heteroatoms. The molecule has 9 nitrogen and oxygen atoms in total. The predicted octanol–water partition coefficient (Wildman–Crippen LogP) is 3.12. The minimum absolute atomic E-state index is 0.139. The van der Waals surface area contributed by atoms with Crippen LogP contribution in [-0.4, -0.2) is 48.3 Å². The third-order valence-corrected chi connectivity index (χ3v) is 4.84. The first-order valence-corrected chi connectivity index (χ1v) is 9.90. The number of rotatable bonds is 9. The molecule has 0 amide bonds. The van der Waals surface area contributed by atoms with Gasteiger partial charge in [0.2, 0.25) is 0 Å². The third kappa shape index (κ3) is 6.52. The van der Waals surface area contributed by atoms with Crippen molar-refractivity contribution in [1.82, 2.24) is 0 Å². The number of hydrogen-bond donors (Lipinski definition) is 1. The van der Waals surface area contributed by atoms with E-state index in [-0.39, 0.29) is 19.8 Å². The number of ether oxygens (including phenoxy) is 4. The first kappa shape index (κ1) is 22.7. The van der Waals surface area contributed by atoms with Crippen LogP contribution in [0.2, 0.25) is 0 Å². The molecule has 1 fully saturated rings. The van der Waals surface area contributed by atoms with E-state index in [1.165, 1.54) is 6.92 Å². The normalized spacial score (nSPS) is 25.4. The van der Waals surface area contributed by atoms with E-state index in [9.17, 15) is 9.90 Å². The Hall–Kier alpha value is -2.94. The summed E-state index contributed by atoms with van der Waals surface area (Å²) in [6.45, 7) is 1.59. The zero-order chi connectivity index (χ0) is 22.1. The molecule has 1 heterocycles. The molecule has 31 heavy (non-hydrogen) atoms. The molecule has 0 spiro atoms. The van der Waals surface area contributed by atoms with Crippen molar-refractivity contribution in [3.63, 3.8) is 0 Å². The van der Waals surface area contributed by atoms with Crippen molar-refractivity contribution in [3.8, 4) is 0 Å². The maximum Gasteiger partial charge on any atom is 0.302 e. The van der Waals surface area contributed by atoms with Gasteiger partial charge in [0.25, 0.3) is 0 Å². The van der Waals surface area contributed by atoms with Gasteiger partial charge >= 0.3 is 5.97 Å². The molecule has 3 rings (SSSR count). The highest BCUT2D eigenvalue weighted by Crippen LogP contribution is 2.29. The van der Waals surface area contributed by atoms with Crippen LogP contribution >= 0.6 is 0 Å². The van der Waals surface area contributed by atoms with Gasteiger partial charge in [-0.2, -0.15) is 0 Å². The molecule has 1 aliphatic rings. The summed E-state index contributed by atoms with van der Waals surface area (Å²) >= 11 is 0. The minimum atomic E-state index is -1.44. The number of aliphatic hydroxyl groups excluding tert-OH is 1. The van der Waals surface area contributed by atoms with E-state index in [1.807, 2.05) is 60.7 Å². The Balaban J connectivity index is 1.83. The fourth-order valence-corrected chi connectivity index (χ4v) is 3.35. The SMILES string of the molecule is CC(=O)OCC1OC(O)C(N=[N+]=[N-])C(OCc2ccccc2)C1OCc1ccccc1. The van der Waals surface area contributed by atoms with E-state index in [4.69, 9.17) is 24.5 Å². The highest BCUT2D eigenvalue weighted by Gasteiger charge is 2.47. The lowest BCUT2D eigenvalue weighted by Crippen LogP contribution is -2.59. The molecule has 2 aromatic carbocycles. The summed E-state index contributed by atoms with van der Waals surface area (Å²) in [4.78, 5) is 14.2. The average molecular weight is 427 g/mol. The summed E-state index contributed by atoms with van der Waals surface area (Å²) in [5.74, 6) is -0.487. The Bertz CT molecular complexity index is 875. The van der Waals surface area contributed by atoms with Crippen molar-refractivity contribution in [3.05, 3.63) is 82.2 Å². The maximum absolute atomic E-state index is 11.3. The van der Waals surface area contributed by atoms with Crippen LogP contribution in [0.15, 0.2) is 65.8 Å². The summed E-state index contributed by atoms with van der Waals surface area (Å²) in [5.41, 5.74) is 10.8. The molecular weight excluding hydrogens is 402 g/mol. The van der Waals surface area contributed by atoms with Gasteiger partial charge in [-0.25, -0.2) is 0 Å². The zero-order valence-corrected chi connectivity index (χ0v) is 17.1. The fraction of sp³-hybridized carbons (Fsp3) is 0.409. The number of nitrogens with zero attached hydrogens (tertiary/aromatic N) is 3. The van der Waals surface area contributed by atoms with Crippen LogP contribution < -0.4 is 0 Å². The molecule has 1 aliphatic heterocycles. The van der Waals surface area contributed by atoms with Crippen LogP contribution in [-0.2, 0) is 37.0 Å². The zero-order valence-electron chi connectivity index (χ0n) is 17.1. The lowest BCUT2D eigenvalue weighted by Gasteiger charge is -2.43. The summed E-state index contributed by atoms with van der Waals surface area (Å²) in [5, 5.41) is 14.1. The van der Waals surface area contributed by atoms with Crippen molar-refractivity contribution in [2.75, 3.05) is 6.61 Å². The van der Waals surface area contributed by atoms with Crippen molar-refractivity contribution < 1.29 is 28.8 Å². The molecule has 0 radical (unpaired) electrons. The van der Waals surface area contributed by atoms with Crippen LogP contribution in [0.1, 0.15) is 18.1 Å². The standard InChI is InChI=1S/C22H25N3O6/c1-15(26)28-14-18-20(29-12-16-8-4-2-5-9-16)21(19(24-25-23)22(27)31-18)30-13-17-10-6-3-7-11-17/h2-11,18-22,27H,12-14H2,1H3. The molecule has 2 aromatic rings. The molecule has 5 unspecified atom stereocenters. The maximum atomic E-state index is 11.3. The van der Waals surface area contributed by atoms with E-state index >= 15 is 0 Å². The van der Waals surface area contributed by atoms with Crippen molar-refractivity contribution in [1.29, 1.82) is 0 Å². The van der Waals surface area contributed by atoms with Crippen molar-refractivity contribution >= 4 is 5.97 Å². The summed E-state index contributed by atoms with van der Waals surface area (Å²) in [6.07, 6.45) is -3.84. The van der Waals surface area contributed by atoms with E-state index in [1.54, 1.807) is 0 Å². The number of benzene rings is 2. The largest absolute Gasteiger partial charge is 0.463 e. The van der Waals surface area contributed by atoms with Crippen molar-refractivity contribution in [2.24, 2.45) is 5.11 Å². The van der Waals surface area contributed by atoms with E-state index < -0.39 is 36.6 Å². The molecule has 5 atom stereocenters. The number of hydrogen-bond acceptors (Lipinski definition) is 7. The highest BCUT2D eigenvalue weighted by atomic mass is 16.7. The van der Waals surface area contributed by atoms with Crippen LogP contribution in [0.25, 0.3) is 10.4 Å². The van der Waals surface area contributed by atoms with E-state index in [0.29, 0.717) is 0 Å². The first-order valence-electron chi connectivity index (χ1n) is 9.90. The second-order valence-corrected chi connectivity index (χ2v) is 7.09. The van der Waals surface area contributed by atoms with Crippen LogP contribution in [0, 0.1) is 0 Å². The predicted molar refractivity (Wildman–Crippen MR) is 110 cm³/mol. The topological polar surface area (TPSA) is 123 Å². The smallest absolute Gasteiger partial charge is 0.302 e. The Morgan fingerprint density at radius 3 is 2.10 bits per heavy atom. The van der Waals surface area contributed by atoms with Gasteiger partial charge in [-0.3, -0.25) is 4.79 Å². The van der Waals surface area contributed by atoms with E-state index in [2.05, 4.69) is 10.0 Å². The Morgan fingerprint density at radius 1 is 1.03 bits per heavy atom. The molecule has 164 valence electrons. The molecule has 1 N–H and O–H groups in total. The second-order valence-electron chi connectivity index (χ2n) is 7.09. The van der Waals surface area contributed by atoms with Gasteiger partial charge in [-0.05, 0) is 16.7 Å². The molecule has 0 aliphatic carbocycles. The third-order valence-electron chi connectivity index (χ3n) is 4.84. The second kappa shape index (κ2) is 11.5. The van der Waals surface area contributed by atoms with Crippen molar-refractivity contribution in [2.45, 2.75) is 50.8 Å². The lowest BCUT2D eigenvalue weighted by molar-refractivity contribution is -0.271. The summed E-state index contributed by atoms with van der Waals surface area (Å²) in [6, 6.07) is 17.9. The molecular formula is C22H25N3O6. The number of esters is 1. The van der Waals surface area contributed by atoms with E-state index in [0.717, 1.165) is 11.1 Å². The fourth-order valence-electron chi connectivity index (χ4n) is 3.35. The molecule has 0 saturated carbocycles. The number of carbonyl (C=O) groups is 1. The van der Waals surface area contributed by atoms with Gasteiger partial charge < -0.3 is 24.1 Å². The monoisotopic (exact) mass is 427 g/mol. The van der Waals surface area contributed by atoms with Gasteiger partial charge in [-0.1, -0.05) is 65.8 Å². The van der Waals surface area contributed by atoms with Gasteiger partial charge in [0.1, 0.15) is 31.0 Å². The van der Waals surface area contributed by atoms with Crippen LogP contribution in [0.3, 0.4) is 0 Å². The first-order chi connectivity index (χ1) is 15.1. The summed E-state index contributed by atoms with van der Waals surface area (Å²) in [7, 11) is 0. The quantitative estimate of drug-likeness (QED) is 0.284. The molecule has 0 bridgehead atoms. The van der Waals surface area contributed by atoms with Gasteiger partial charge in [0.15, 0.2) is 6.29 Å². The summed E-state index contributed by atoms with van der Waals surface area (Å²) < 4.78 is 22.9. The van der Waals surface area contributed by atoms with Gasteiger partial charge in [0, 0.05) is 11.8 Å². The molecule has 1 saturated heterocycles. The number of carbonyl (C=O) groups excluding carboxylic acids is 1. The van der Waals surface area contributed by atoms with Crippen LogP contribution in [0.4, 0.5) is 0 Å². The number of azide groups is 1. The Labute approximate surface area is 180 Å².